The Morgan fingerprint density at radius 2 is 2.11 bits per heavy atom. The second kappa shape index (κ2) is 4.77. The van der Waals surface area contributed by atoms with Crippen LogP contribution in [0.5, 0.6) is 0 Å². The molecule has 0 amide bonds. The number of rotatable bonds is 4. The highest BCUT2D eigenvalue weighted by Crippen LogP contribution is 2.03. The fourth-order valence-electron chi connectivity index (χ4n) is 0.646. The van der Waals surface area contributed by atoms with Gasteiger partial charge in [-0.2, -0.15) is 0 Å². The zero-order valence-corrected chi connectivity index (χ0v) is 6.42. The lowest BCUT2D eigenvalue weighted by Crippen LogP contribution is -2.15. The molecule has 0 heterocycles. The predicted molar refractivity (Wildman–Crippen MR) is 37.4 cm³/mol. The molecule has 0 bridgehead atoms. The lowest BCUT2D eigenvalue weighted by Gasteiger charge is -2.12. The zero-order chi connectivity index (χ0) is 7.28. The minimum atomic E-state index is -0.194. The highest BCUT2D eigenvalue weighted by Gasteiger charge is 2.05. The quantitative estimate of drug-likeness (QED) is 0.622. The molecular weight excluding hydrogens is 116 g/mol. The normalized spacial score (nSPS) is 17.3. The maximum atomic E-state index is 9.08. The first-order valence-electron chi connectivity index (χ1n) is 3.41. The second-order valence-electron chi connectivity index (χ2n) is 2.34. The third-order valence-corrected chi connectivity index (χ3v) is 1.48. The predicted octanol–water partition coefficient (Wildman–Crippen LogP) is 1.18. The van der Waals surface area contributed by atoms with E-state index in [2.05, 4.69) is 0 Å². The Balaban J connectivity index is 3.22. The lowest BCUT2D eigenvalue weighted by atomic mass is 10.1. The van der Waals surface area contributed by atoms with Crippen LogP contribution in [0, 0.1) is 0 Å². The van der Waals surface area contributed by atoms with E-state index in [1.807, 2.05) is 13.8 Å². The highest BCUT2D eigenvalue weighted by molar-refractivity contribution is 4.57. The fourth-order valence-corrected chi connectivity index (χ4v) is 0.646. The van der Waals surface area contributed by atoms with Crippen molar-refractivity contribution in [3.63, 3.8) is 0 Å². The maximum absolute atomic E-state index is 9.08. The Morgan fingerprint density at radius 1 is 1.56 bits per heavy atom. The molecule has 0 aliphatic carbocycles. The van der Waals surface area contributed by atoms with Crippen LogP contribution in [0.1, 0.15) is 26.7 Å². The van der Waals surface area contributed by atoms with E-state index in [9.17, 15) is 0 Å². The maximum Gasteiger partial charge on any atom is 0.0567 e. The van der Waals surface area contributed by atoms with Gasteiger partial charge in [0.05, 0.1) is 12.2 Å². The van der Waals surface area contributed by atoms with Crippen molar-refractivity contribution in [3.05, 3.63) is 0 Å². The van der Waals surface area contributed by atoms with E-state index in [1.165, 1.54) is 0 Å². The van der Waals surface area contributed by atoms with Gasteiger partial charge >= 0.3 is 0 Å². The summed E-state index contributed by atoms with van der Waals surface area (Å²) >= 11 is 0. The number of aliphatic hydroxyl groups is 1. The molecule has 0 spiro atoms. The molecule has 1 N–H and O–H groups in total. The van der Waals surface area contributed by atoms with Crippen LogP contribution < -0.4 is 0 Å². The van der Waals surface area contributed by atoms with E-state index in [0.717, 1.165) is 12.8 Å². The summed E-state index contributed by atoms with van der Waals surface area (Å²) in [5.41, 5.74) is 0. The SMILES string of the molecule is CCC(O)CC(C)OC. The van der Waals surface area contributed by atoms with Crippen LogP contribution in [0.25, 0.3) is 0 Å². The lowest BCUT2D eigenvalue weighted by molar-refractivity contribution is 0.0549. The molecule has 2 heteroatoms. The van der Waals surface area contributed by atoms with E-state index in [-0.39, 0.29) is 12.2 Å². The highest BCUT2D eigenvalue weighted by atomic mass is 16.5. The summed E-state index contributed by atoms with van der Waals surface area (Å²) < 4.78 is 4.96. The van der Waals surface area contributed by atoms with Crippen LogP contribution in [0.4, 0.5) is 0 Å². The fraction of sp³-hybridized carbons (Fsp3) is 1.00. The molecule has 2 atom stereocenters. The Bertz CT molecular complexity index is 55.9. The van der Waals surface area contributed by atoms with Gasteiger partial charge in [0.15, 0.2) is 0 Å². The molecule has 0 aromatic heterocycles. The third kappa shape index (κ3) is 4.43. The average molecular weight is 132 g/mol. The zero-order valence-electron chi connectivity index (χ0n) is 6.42. The molecule has 2 nitrogen and oxygen atoms in total. The summed E-state index contributed by atoms with van der Waals surface area (Å²) in [4.78, 5) is 0. The van der Waals surface area contributed by atoms with Crippen LogP contribution >= 0.6 is 0 Å². The van der Waals surface area contributed by atoms with E-state index < -0.39 is 0 Å². The van der Waals surface area contributed by atoms with Gasteiger partial charge in [-0.3, -0.25) is 0 Å². The minimum absolute atomic E-state index is 0.181. The summed E-state index contributed by atoms with van der Waals surface area (Å²) in [7, 11) is 1.66. The van der Waals surface area contributed by atoms with Crippen molar-refractivity contribution in [2.24, 2.45) is 0 Å². The third-order valence-electron chi connectivity index (χ3n) is 1.48. The van der Waals surface area contributed by atoms with Gasteiger partial charge in [-0.1, -0.05) is 6.92 Å². The molecule has 0 aromatic rings. The van der Waals surface area contributed by atoms with Crippen molar-refractivity contribution < 1.29 is 9.84 Å². The van der Waals surface area contributed by atoms with Crippen molar-refractivity contribution in [2.45, 2.75) is 38.9 Å². The van der Waals surface area contributed by atoms with Crippen molar-refractivity contribution in [3.8, 4) is 0 Å². The minimum Gasteiger partial charge on any atom is -0.393 e. The van der Waals surface area contributed by atoms with Gasteiger partial charge in [-0.25, -0.2) is 0 Å². The van der Waals surface area contributed by atoms with Gasteiger partial charge in [0.25, 0.3) is 0 Å². The topological polar surface area (TPSA) is 29.5 Å². The molecule has 0 aromatic carbocycles. The van der Waals surface area contributed by atoms with E-state index in [4.69, 9.17) is 9.84 Å². The molecule has 9 heavy (non-hydrogen) atoms. The van der Waals surface area contributed by atoms with Gasteiger partial charge < -0.3 is 9.84 Å². The van der Waals surface area contributed by atoms with Gasteiger partial charge in [-0.15, -0.1) is 0 Å². The van der Waals surface area contributed by atoms with Gasteiger partial charge in [0.1, 0.15) is 0 Å². The summed E-state index contributed by atoms with van der Waals surface area (Å²) in [5, 5.41) is 9.08. The first kappa shape index (κ1) is 8.92. The number of ether oxygens (including phenoxy) is 1. The summed E-state index contributed by atoms with van der Waals surface area (Å²) in [6, 6.07) is 0. The standard InChI is InChI=1S/C7H16O2/c1-4-7(8)5-6(2)9-3/h6-8H,4-5H2,1-3H3. The molecule has 0 saturated carbocycles. The Hall–Kier alpha value is -0.0800. The molecule has 0 radical (unpaired) electrons. The van der Waals surface area contributed by atoms with Gasteiger partial charge in [0, 0.05) is 7.11 Å². The number of aliphatic hydroxyl groups excluding tert-OH is 1. The summed E-state index contributed by atoms with van der Waals surface area (Å²) in [6.07, 6.45) is 1.54. The van der Waals surface area contributed by atoms with E-state index in [0.29, 0.717) is 0 Å². The smallest absolute Gasteiger partial charge is 0.0567 e. The summed E-state index contributed by atoms with van der Waals surface area (Å²) in [6.45, 7) is 3.92. The van der Waals surface area contributed by atoms with Crippen molar-refractivity contribution in [1.82, 2.24) is 0 Å². The van der Waals surface area contributed by atoms with Crippen LogP contribution in [-0.4, -0.2) is 24.4 Å². The van der Waals surface area contributed by atoms with Gasteiger partial charge in [-0.05, 0) is 19.8 Å². The molecule has 0 rings (SSSR count). The monoisotopic (exact) mass is 132 g/mol. The molecule has 0 aliphatic heterocycles. The van der Waals surface area contributed by atoms with Crippen LogP contribution in [0.15, 0.2) is 0 Å². The van der Waals surface area contributed by atoms with Crippen LogP contribution in [0.3, 0.4) is 0 Å². The Morgan fingerprint density at radius 3 is 2.44 bits per heavy atom. The second-order valence-corrected chi connectivity index (χ2v) is 2.34. The van der Waals surface area contributed by atoms with Crippen molar-refractivity contribution in [1.29, 1.82) is 0 Å². The molecular formula is C7H16O2. The number of hydrogen-bond acceptors (Lipinski definition) is 2. The van der Waals surface area contributed by atoms with E-state index in [1.54, 1.807) is 7.11 Å². The van der Waals surface area contributed by atoms with Crippen LogP contribution in [-0.2, 0) is 4.74 Å². The van der Waals surface area contributed by atoms with Crippen molar-refractivity contribution >= 4 is 0 Å². The first-order chi connectivity index (χ1) is 4.20. The van der Waals surface area contributed by atoms with Crippen LogP contribution in [0.2, 0.25) is 0 Å². The average Bonchev–Trinajstić information content (AvgIpc) is 1.87. The molecule has 0 fully saturated rings. The Labute approximate surface area is 56.8 Å². The molecule has 2 unspecified atom stereocenters. The molecule has 56 valence electrons. The molecule has 0 aliphatic rings. The number of hydrogen-bond donors (Lipinski definition) is 1. The van der Waals surface area contributed by atoms with Gasteiger partial charge in [0.2, 0.25) is 0 Å². The summed E-state index contributed by atoms with van der Waals surface area (Å²) in [5.74, 6) is 0. The Kier molecular flexibility index (Phi) is 4.72. The molecule has 0 saturated heterocycles. The number of methoxy groups -OCH3 is 1. The largest absolute Gasteiger partial charge is 0.393 e. The van der Waals surface area contributed by atoms with Crippen molar-refractivity contribution in [2.75, 3.05) is 7.11 Å². The first-order valence-corrected chi connectivity index (χ1v) is 3.41. The van der Waals surface area contributed by atoms with E-state index >= 15 is 0 Å².